The van der Waals surface area contributed by atoms with Crippen molar-refractivity contribution in [1.82, 2.24) is 25.0 Å². The van der Waals surface area contributed by atoms with Gasteiger partial charge in [0.25, 0.3) is 0 Å². The Labute approximate surface area is 195 Å². The van der Waals surface area contributed by atoms with Crippen LogP contribution < -0.4 is 0 Å². The van der Waals surface area contributed by atoms with E-state index in [1.165, 1.54) is 0 Å². The van der Waals surface area contributed by atoms with Crippen molar-refractivity contribution in [2.45, 2.75) is 6.54 Å². The predicted molar refractivity (Wildman–Crippen MR) is 125 cm³/mol. The molecular formula is C23H15Br2N5O. The minimum absolute atomic E-state index is 0.368. The first-order chi connectivity index (χ1) is 15.2. The molecule has 5 aromatic rings. The molecule has 3 aromatic heterocycles. The highest BCUT2D eigenvalue weighted by atomic mass is 79.9. The Bertz CT molecular complexity index is 1250. The molecule has 0 N–H and O–H groups in total. The van der Waals surface area contributed by atoms with Crippen LogP contribution in [0.2, 0.25) is 0 Å². The van der Waals surface area contributed by atoms with Crippen molar-refractivity contribution in [2.24, 2.45) is 0 Å². The van der Waals surface area contributed by atoms with Gasteiger partial charge in [0.1, 0.15) is 17.9 Å². The fraction of sp³-hybridized carbons (Fsp3) is 0.0435. The fourth-order valence-corrected chi connectivity index (χ4v) is 3.72. The second-order valence-corrected chi connectivity index (χ2v) is 8.67. The molecule has 0 atom stereocenters. The molecule has 0 saturated carbocycles. The minimum Gasteiger partial charge on any atom is -0.438 e. The third kappa shape index (κ3) is 4.35. The molecule has 3 heterocycles. The third-order valence-corrected chi connectivity index (χ3v) is 5.75. The summed E-state index contributed by atoms with van der Waals surface area (Å²) in [5.74, 6) is 1.27. The van der Waals surface area contributed by atoms with Crippen molar-refractivity contribution in [3.63, 3.8) is 0 Å². The van der Waals surface area contributed by atoms with Crippen LogP contribution >= 0.6 is 31.9 Å². The van der Waals surface area contributed by atoms with Crippen molar-refractivity contribution in [2.75, 3.05) is 0 Å². The lowest BCUT2D eigenvalue weighted by Gasteiger charge is -2.02. The molecule has 152 valence electrons. The molecule has 0 spiro atoms. The summed E-state index contributed by atoms with van der Waals surface area (Å²) >= 11 is 6.97. The molecular weight excluding hydrogens is 522 g/mol. The molecule has 0 aliphatic rings. The van der Waals surface area contributed by atoms with E-state index in [1.54, 1.807) is 17.1 Å². The summed E-state index contributed by atoms with van der Waals surface area (Å²) < 4.78 is 9.93. The average Bonchev–Trinajstić information content (AvgIpc) is 3.43. The number of benzene rings is 2. The first kappa shape index (κ1) is 19.8. The molecule has 0 amide bonds. The maximum Gasteiger partial charge on any atom is 0.217 e. The number of aromatic nitrogens is 5. The summed E-state index contributed by atoms with van der Waals surface area (Å²) in [5.41, 5.74) is 4.38. The molecule has 0 bridgehead atoms. The fourth-order valence-electron chi connectivity index (χ4n) is 3.19. The van der Waals surface area contributed by atoms with Gasteiger partial charge in [-0.05, 0) is 36.4 Å². The first-order valence-corrected chi connectivity index (χ1v) is 11.1. The van der Waals surface area contributed by atoms with Crippen molar-refractivity contribution in [3.05, 3.63) is 94.1 Å². The van der Waals surface area contributed by atoms with Crippen LogP contribution in [0, 0.1) is 0 Å². The highest BCUT2D eigenvalue weighted by Gasteiger charge is 2.18. The zero-order valence-corrected chi connectivity index (χ0v) is 19.3. The molecule has 8 heteroatoms. The highest BCUT2D eigenvalue weighted by Crippen LogP contribution is 2.34. The van der Waals surface area contributed by atoms with Gasteiger partial charge in [0.2, 0.25) is 5.89 Å². The van der Waals surface area contributed by atoms with Crippen LogP contribution in [0.25, 0.3) is 33.8 Å². The maximum atomic E-state index is 6.21. The average molecular weight is 537 g/mol. The van der Waals surface area contributed by atoms with E-state index in [0.29, 0.717) is 12.4 Å². The minimum atomic E-state index is 0.368. The van der Waals surface area contributed by atoms with Gasteiger partial charge in [0, 0.05) is 38.0 Å². The van der Waals surface area contributed by atoms with Gasteiger partial charge in [-0.15, -0.1) is 5.10 Å². The lowest BCUT2D eigenvalue weighted by atomic mass is 10.1. The number of rotatable bonds is 5. The van der Waals surface area contributed by atoms with E-state index >= 15 is 0 Å². The molecule has 2 aromatic carbocycles. The van der Waals surface area contributed by atoms with Gasteiger partial charge in [0.05, 0.1) is 6.20 Å². The molecule has 0 aliphatic heterocycles. The van der Waals surface area contributed by atoms with Gasteiger partial charge in [-0.3, -0.25) is 4.98 Å². The summed E-state index contributed by atoms with van der Waals surface area (Å²) in [6, 6.07) is 19.8. The Kier molecular flexibility index (Phi) is 5.48. The number of halogens is 2. The van der Waals surface area contributed by atoms with Gasteiger partial charge in [-0.1, -0.05) is 61.3 Å². The van der Waals surface area contributed by atoms with Crippen molar-refractivity contribution in [1.29, 1.82) is 0 Å². The normalized spacial score (nSPS) is 11.0. The molecule has 0 unspecified atom stereocenters. The van der Waals surface area contributed by atoms with E-state index in [9.17, 15) is 0 Å². The molecule has 0 saturated heterocycles. The van der Waals surface area contributed by atoms with Gasteiger partial charge >= 0.3 is 0 Å². The third-order valence-electron chi connectivity index (χ3n) is 4.69. The largest absolute Gasteiger partial charge is 0.438 e. The lowest BCUT2D eigenvalue weighted by molar-refractivity contribution is 0.469. The number of oxazole rings is 1. The summed E-state index contributed by atoms with van der Waals surface area (Å²) in [6.07, 6.45) is 5.35. The number of nitrogens with zero attached hydrogens (tertiary/aromatic N) is 5. The second-order valence-electron chi connectivity index (χ2n) is 6.84. The quantitative estimate of drug-likeness (QED) is 0.266. The van der Waals surface area contributed by atoms with Crippen LogP contribution in [0.4, 0.5) is 0 Å². The van der Waals surface area contributed by atoms with Crippen LogP contribution in [0.1, 0.15) is 5.89 Å². The topological polar surface area (TPSA) is 69.6 Å². The Morgan fingerprint density at radius 2 is 1.55 bits per heavy atom. The van der Waals surface area contributed by atoms with Crippen LogP contribution in [0.3, 0.4) is 0 Å². The van der Waals surface area contributed by atoms with Crippen LogP contribution in [-0.4, -0.2) is 25.0 Å². The number of pyridine rings is 1. The Hall–Kier alpha value is -3.10. The van der Waals surface area contributed by atoms with Crippen LogP contribution in [-0.2, 0) is 6.54 Å². The highest BCUT2D eigenvalue weighted by molar-refractivity contribution is 9.10. The van der Waals surface area contributed by atoms with Crippen molar-refractivity contribution < 1.29 is 4.42 Å². The van der Waals surface area contributed by atoms with E-state index in [1.807, 2.05) is 66.9 Å². The lowest BCUT2D eigenvalue weighted by Crippen LogP contribution is -2.00. The molecule has 31 heavy (non-hydrogen) atoms. The molecule has 0 aliphatic carbocycles. The van der Waals surface area contributed by atoms with E-state index in [0.717, 1.165) is 42.8 Å². The van der Waals surface area contributed by atoms with Gasteiger partial charge in [0.15, 0.2) is 5.76 Å². The Morgan fingerprint density at radius 1 is 0.839 bits per heavy atom. The molecule has 6 nitrogen and oxygen atoms in total. The second kappa shape index (κ2) is 8.56. The van der Waals surface area contributed by atoms with Gasteiger partial charge in [-0.25, -0.2) is 9.67 Å². The van der Waals surface area contributed by atoms with E-state index in [2.05, 4.69) is 47.2 Å². The molecule has 0 radical (unpaired) electrons. The van der Waals surface area contributed by atoms with E-state index in [4.69, 9.17) is 9.40 Å². The Morgan fingerprint density at radius 3 is 2.23 bits per heavy atom. The van der Waals surface area contributed by atoms with Crippen LogP contribution in [0.5, 0.6) is 0 Å². The van der Waals surface area contributed by atoms with E-state index in [-0.39, 0.29) is 0 Å². The zero-order valence-electron chi connectivity index (χ0n) is 16.1. The van der Waals surface area contributed by atoms with Crippen molar-refractivity contribution in [3.8, 4) is 33.8 Å². The van der Waals surface area contributed by atoms with E-state index < -0.39 is 0 Å². The van der Waals surface area contributed by atoms with Gasteiger partial charge < -0.3 is 4.42 Å². The van der Waals surface area contributed by atoms with Gasteiger partial charge in [-0.2, -0.15) is 0 Å². The first-order valence-electron chi connectivity index (χ1n) is 9.48. The van der Waals surface area contributed by atoms with Crippen LogP contribution in [0.15, 0.2) is 92.6 Å². The zero-order chi connectivity index (χ0) is 21.2. The summed E-state index contributed by atoms with van der Waals surface area (Å²) in [4.78, 5) is 8.93. The standard InChI is InChI=1S/C23H15Br2N5O/c24-18-7-3-15(4-8-18)22-23(16-5-9-19(25)10-6-16)31-21(27-22)14-30-13-20(28-29-30)17-2-1-11-26-12-17/h1-13H,14H2. The number of hydrogen-bond donors (Lipinski definition) is 0. The summed E-state index contributed by atoms with van der Waals surface area (Å²) in [6.45, 7) is 0.368. The maximum absolute atomic E-state index is 6.21. The molecule has 5 rings (SSSR count). The predicted octanol–water partition coefficient (Wildman–Crippen LogP) is 6.24. The Balaban J connectivity index is 1.51. The summed E-state index contributed by atoms with van der Waals surface area (Å²) in [7, 11) is 0. The number of hydrogen-bond acceptors (Lipinski definition) is 5. The molecule has 0 fully saturated rings. The SMILES string of the molecule is Brc1ccc(-c2nc(Cn3cc(-c4cccnc4)nn3)oc2-c2ccc(Br)cc2)cc1. The monoisotopic (exact) mass is 535 g/mol. The summed E-state index contributed by atoms with van der Waals surface area (Å²) in [5, 5.41) is 8.46. The smallest absolute Gasteiger partial charge is 0.217 e. The van der Waals surface area contributed by atoms with Crippen molar-refractivity contribution >= 4 is 31.9 Å².